The fraction of sp³-hybridized carbons (Fsp3) is 0.769. The SMILES string of the molecule is CC(C)=CC(C)(C(=O)OCC(F)(F)F)C(C)(C)C. The van der Waals surface area contributed by atoms with E-state index in [2.05, 4.69) is 4.74 Å². The van der Waals surface area contributed by atoms with E-state index in [1.165, 1.54) is 0 Å². The monoisotopic (exact) mass is 266 g/mol. The van der Waals surface area contributed by atoms with Crippen LogP contribution in [0.2, 0.25) is 0 Å². The van der Waals surface area contributed by atoms with Gasteiger partial charge in [0.2, 0.25) is 0 Å². The van der Waals surface area contributed by atoms with Crippen molar-refractivity contribution in [2.75, 3.05) is 6.61 Å². The van der Waals surface area contributed by atoms with Gasteiger partial charge in [0.1, 0.15) is 0 Å². The van der Waals surface area contributed by atoms with Crippen molar-refractivity contribution in [2.24, 2.45) is 10.8 Å². The lowest BCUT2D eigenvalue weighted by Crippen LogP contribution is -2.41. The van der Waals surface area contributed by atoms with Crippen molar-refractivity contribution in [3.63, 3.8) is 0 Å². The van der Waals surface area contributed by atoms with Crippen molar-refractivity contribution in [1.29, 1.82) is 0 Å². The number of carbonyl (C=O) groups excluding carboxylic acids is 1. The van der Waals surface area contributed by atoms with Crippen LogP contribution in [0.15, 0.2) is 11.6 Å². The van der Waals surface area contributed by atoms with Crippen LogP contribution in [0.3, 0.4) is 0 Å². The van der Waals surface area contributed by atoms with E-state index >= 15 is 0 Å². The molecule has 18 heavy (non-hydrogen) atoms. The highest BCUT2D eigenvalue weighted by atomic mass is 19.4. The Hall–Kier alpha value is -1.00. The lowest BCUT2D eigenvalue weighted by molar-refractivity contribution is -0.194. The summed E-state index contributed by atoms with van der Waals surface area (Å²) < 4.78 is 40.6. The number of rotatable bonds is 3. The average Bonchev–Trinajstić information content (AvgIpc) is 2.09. The van der Waals surface area contributed by atoms with Crippen LogP contribution in [0.1, 0.15) is 41.5 Å². The number of esters is 1. The molecule has 0 aliphatic rings. The first-order valence-electron chi connectivity index (χ1n) is 5.69. The van der Waals surface area contributed by atoms with E-state index < -0.39 is 29.6 Å². The molecule has 0 amide bonds. The third-order valence-corrected chi connectivity index (χ3v) is 2.93. The van der Waals surface area contributed by atoms with Crippen LogP contribution in [-0.4, -0.2) is 18.8 Å². The molecule has 1 unspecified atom stereocenters. The molecule has 0 aromatic heterocycles. The summed E-state index contributed by atoms with van der Waals surface area (Å²) in [4.78, 5) is 11.9. The molecule has 0 N–H and O–H groups in total. The highest BCUT2D eigenvalue weighted by Gasteiger charge is 2.45. The Morgan fingerprint density at radius 3 is 1.83 bits per heavy atom. The summed E-state index contributed by atoms with van der Waals surface area (Å²) in [6.45, 7) is 9.01. The summed E-state index contributed by atoms with van der Waals surface area (Å²) in [5, 5.41) is 0. The number of hydrogen-bond acceptors (Lipinski definition) is 2. The van der Waals surface area contributed by atoms with E-state index in [1.807, 2.05) is 0 Å². The summed E-state index contributed by atoms with van der Waals surface area (Å²) in [6.07, 6.45) is -2.84. The number of allylic oxidation sites excluding steroid dienone is 1. The van der Waals surface area contributed by atoms with Crippen molar-refractivity contribution in [1.82, 2.24) is 0 Å². The molecule has 0 radical (unpaired) electrons. The summed E-state index contributed by atoms with van der Waals surface area (Å²) in [6, 6.07) is 0. The van der Waals surface area contributed by atoms with Gasteiger partial charge in [-0.25, -0.2) is 0 Å². The summed E-state index contributed by atoms with van der Waals surface area (Å²) >= 11 is 0. The van der Waals surface area contributed by atoms with E-state index in [0.29, 0.717) is 0 Å². The highest BCUT2D eigenvalue weighted by molar-refractivity contribution is 5.79. The van der Waals surface area contributed by atoms with Gasteiger partial charge < -0.3 is 4.74 Å². The smallest absolute Gasteiger partial charge is 0.422 e. The molecule has 106 valence electrons. The van der Waals surface area contributed by atoms with Crippen LogP contribution in [0.4, 0.5) is 13.2 Å². The van der Waals surface area contributed by atoms with E-state index in [0.717, 1.165) is 5.57 Å². The van der Waals surface area contributed by atoms with Crippen molar-refractivity contribution in [3.05, 3.63) is 11.6 Å². The van der Waals surface area contributed by atoms with Gasteiger partial charge in [-0.2, -0.15) is 13.2 Å². The topological polar surface area (TPSA) is 26.3 Å². The van der Waals surface area contributed by atoms with Crippen LogP contribution in [0, 0.1) is 10.8 Å². The van der Waals surface area contributed by atoms with E-state index in [4.69, 9.17) is 0 Å². The van der Waals surface area contributed by atoms with E-state index in [-0.39, 0.29) is 0 Å². The zero-order valence-corrected chi connectivity index (χ0v) is 11.7. The van der Waals surface area contributed by atoms with Crippen molar-refractivity contribution in [2.45, 2.75) is 47.7 Å². The zero-order chi connectivity index (χ0) is 14.8. The first-order valence-corrected chi connectivity index (χ1v) is 5.69. The number of alkyl halides is 3. The fourth-order valence-corrected chi connectivity index (χ4v) is 1.46. The third-order valence-electron chi connectivity index (χ3n) is 2.93. The molecule has 1 atom stereocenters. The molecule has 0 fully saturated rings. The normalized spacial score (nSPS) is 15.8. The standard InChI is InChI=1S/C13H21F3O2/c1-9(2)7-12(6,11(3,4)5)10(17)18-8-13(14,15)16/h7H,8H2,1-6H3. The van der Waals surface area contributed by atoms with Gasteiger partial charge in [0.05, 0.1) is 5.41 Å². The summed E-state index contributed by atoms with van der Waals surface area (Å²) in [7, 11) is 0. The Kier molecular flexibility index (Phi) is 5.03. The van der Waals surface area contributed by atoms with Gasteiger partial charge in [0.15, 0.2) is 6.61 Å². The van der Waals surface area contributed by atoms with Gasteiger partial charge in [-0.1, -0.05) is 32.4 Å². The van der Waals surface area contributed by atoms with Crippen LogP contribution in [0.5, 0.6) is 0 Å². The molecule has 0 saturated heterocycles. The van der Waals surface area contributed by atoms with Gasteiger partial charge in [0, 0.05) is 0 Å². The van der Waals surface area contributed by atoms with Crippen LogP contribution < -0.4 is 0 Å². The minimum absolute atomic E-state index is 0.535. The maximum absolute atomic E-state index is 12.1. The minimum Gasteiger partial charge on any atom is -0.455 e. The van der Waals surface area contributed by atoms with Gasteiger partial charge in [-0.05, 0) is 26.2 Å². The maximum atomic E-state index is 12.1. The Morgan fingerprint density at radius 2 is 1.56 bits per heavy atom. The fourth-order valence-electron chi connectivity index (χ4n) is 1.46. The molecule has 5 heteroatoms. The predicted molar refractivity (Wildman–Crippen MR) is 64.0 cm³/mol. The second kappa shape index (κ2) is 5.33. The van der Waals surface area contributed by atoms with Crippen LogP contribution in [-0.2, 0) is 9.53 Å². The Bertz CT molecular complexity index is 333. The molecule has 0 aliphatic heterocycles. The van der Waals surface area contributed by atoms with Gasteiger partial charge in [-0.3, -0.25) is 4.79 Å². The van der Waals surface area contributed by atoms with Gasteiger partial charge in [-0.15, -0.1) is 0 Å². The lowest BCUT2D eigenvalue weighted by atomic mass is 9.67. The third kappa shape index (κ3) is 4.70. The quantitative estimate of drug-likeness (QED) is 0.567. The Labute approximate surface area is 106 Å². The van der Waals surface area contributed by atoms with Crippen LogP contribution >= 0.6 is 0 Å². The summed E-state index contributed by atoms with van der Waals surface area (Å²) in [5.41, 5.74) is -0.763. The predicted octanol–water partition coefficient (Wildman–Crippen LogP) is 4.11. The van der Waals surface area contributed by atoms with Crippen molar-refractivity contribution in [3.8, 4) is 0 Å². The van der Waals surface area contributed by atoms with E-state index in [9.17, 15) is 18.0 Å². The molecular weight excluding hydrogens is 245 g/mol. The van der Waals surface area contributed by atoms with E-state index in [1.54, 1.807) is 47.6 Å². The molecule has 0 bridgehead atoms. The maximum Gasteiger partial charge on any atom is 0.422 e. The summed E-state index contributed by atoms with van der Waals surface area (Å²) in [5.74, 6) is -0.853. The molecule has 0 aliphatic carbocycles. The largest absolute Gasteiger partial charge is 0.455 e. The highest BCUT2D eigenvalue weighted by Crippen LogP contribution is 2.41. The number of hydrogen-bond donors (Lipinski definition) is 0. The zero-order valence-electron chi connectivity index (χ0n) is 11.7. The van der Waals surface area contributed by atoms with Gasteiger partial charge in [0.25, 0.3) is 0 Å². The second-order valence-electron chi connectivity index (χ2n) is 5.87. The first kappa shape index (κ1) is 17.0. The van der Waals surface area contributed by atoms with Crippen molar-refractivity contribution < 1.29 is 22.7 Å². The molecule has 2 nitrogen and oxygen atoms in total. The lowest BCUT2D eigenvalue weighted by Gasteiger charge is -2.37. The molecule has 0 aromatic carbocycles. The minimum atomic E-state index is -4.50. The van der Waals surface area contributed by atoms with Gasteiger partial charge >= 0.3 is 12.1 Å². The average molecular weight is 266 g/mol. The number of ether oxygens (including phenoxy) is 1. The Balaban J connectivity index is 5.13. The number of halogens is 3. The molecule has 0 spiro atoms. The molecule has 0 saturated carbocycles. The van der Waals surface area contributed by atoms with Crippen molar-refractivity contribution >= 4 is 5.97 Å². The van der Waals surface area contributed by atoms with Crippen LogP contribution in [0.25, 0.3) is 0 Å². The molecule has 0 aromatic rings. The second-order valence-corrected chi connectivity index (χ2v) is 5.87. The first-order chi connectivity index (χ1) is 7.79. The Morgan fingerprint density at radius 1 is 1.11 bits per heavy atom. The molecule has 0 heterocycles. The molecule has 0 rings (SSSR count). The number of carbonyl (C=O) groups is 1. The molecular formula is C13H21F3O2.